The molecule has 27 heavy (non-hydrogen) atoms. The molecule has 2 atom stereocenters. The molecule has 1 aliphatic heterocycles. The molecular formula is C19H30F2IN3O2. The van der Waals surface area contributed by atoms with Gasteiger partial charge >= 0.3 is 0 Å². The van der Waals surface area contributed by atoms with Crippen LogP contribution in [0, 0.1) is 11.6 Å². The zero-order chi connectivity index (χ0) is 18.8. The molecule has 1 aromatic carbocycles. The van der Waals surface area contributed by atoms with Crippen molar-refractivity contribution >= 4 is 29.9 Å². The van der Waals surface area contributed by atoms with Gasteiger partial charge in [0.1, 0.15) is 11.6 Å². The van der Waals surface area contributed by atoms with E-state index >= 15 is 0 Å². The van der Waals surface area contributed by atoms with Gasteiger partial charge in [-0.3, -0.25) is 4.99 Å². The third-order valence-corrected chi connectivity index (χ3v) is 4.38. The average Bonchev–Trinajstić information content (AvgIpc) is 3.13. The first-order valence-electron chi connectivity index (χ1n) is 9.19. The molecule has 0 amide bonds. The molecule has 154 valence electrons. The van der Waals surface area contributed by atoms with E-state index in [1.165, 1.54) is 12.1 Å². The van der Waals surface area contributed by atoms with Gasteiger partial charge in [-0.1, -0.05) is 13.0 Å². The molecule has 0 saturated carbocycles. The lowest BCUT2D eigenvalue weighted by Crippen LogP contribution is -2.39. The van der Waals surface area contributed by atoms with Gasteiger partial charge < -0.3 is 20.1 Å². The summed E-state index contributed by atoms with van der Waals surface area (Å²) in [6.45, 7) is 5.28. The monoisotopic (exact) mass is 497 g/mol. The highest BCUT2D eigenvalue weighted by molar-refractivity contribution is 14.0. The van der Waals surface area contributed by atoms with Crippen LogP contribution in [0.25, 0.3) is 0 Å². The Morgan fingerprint density at radius 2 is 2.19 bits per heavy atom. The second-order valence-corrected chi connectivity index (χ2v) is 6.51. The van der Waals surface area contributed by atoms with Gasteiger partial charge in [-0.2, -0.15) is 0 Å². The fraction of sp³-hybridized carbons (Fsp3) is 0.632. The summed E-state index contributed by atoms with van der Waals surface area (Å²) in [5.41, 5.74) is 0.483. The predicted molar refractivity (Wildman–Crippen MR) is 114 cm³/mol. The molecule has 2 rings (SSSR count). The SMILES string of the molecule is CN=C(NCCCOCC1CCCO1)NCC(C)c1ccc(F)cc1F.I. The van der Waals surface area contributed by atoms with Crippen LogP contribution in [-0.2, 0) is 9.47 Å². The van der Waals surface area contributed by atoms with Gasteiger partial charge in [0.2, 0.25) is 0 Å². The van der Waals surface area contributed by atoms with Gasteiger partial charge in [-0.15, -0.1) is 24.0 Å². The normalized spacial score (nSPS) is 18.1. The molecule has 5 nitrogen and oxygen atoms in total. The number of benzene rings is 1. The van der Waals surface area contributed by atoms with Gasteiger partial charge in [0, 0.05) is 45.3 Å². The summed E-state index contributed by atoms with van der Waals surface area (Å²) in [6, 6.07) is 3.67. The molecule has 2 N–H and O–H groups in total. The van der Waals surface area contributed by atoms with Crippen LogP contribution in [0.15, 0.2) is 23.2 Å². The summed E-state index contributed by atoms with van der Waals surface area (Å²) in [5.74, 6) is -0.543. The van der Waals surface area contributed by atoms with Gasteiger partial charge in [0.15, 0.2) is 5.96 Å². The van der Waals surface area contributed by atoms with E-state index in [4.69, 9.17) is 9.47 Å². The summed E-state index contributed by atoms with van der Waals surface area (Å²) in [4.78, 5) is 4.15. The molecule has 0 radical (unpaired) electrons. The lowest BCUT2D eigenvalue weighted by atomic mass is 10.0. The largest absolute Gasteiger partial charge is 0.379 e. The van der Waals surface area contributed by atoms with E-state index in [2.05, 4.69) is 15.6 Å². The van der Waals surface area contributed by atoms with E-state index in [1.54, 1.807) is 7.05 Å². The fourth-order valence-corrected chi connectivity index (χ4v) is 2.85. The summed E-state index contributed by atoms with van der Waals surface area (Å²) in [7, 11) is 1.69. The van der Waals surface area contributed by atoms with Crippen molar-refractivity contribution in [1.29, 1.82) is 0 Å². The highest BCUT2D eigenvalue weighted by atomic mass is 127. The van der Waals surface area contributed by atoms with Crippen LogP contribution < -0.4 is 10.6 Å². The Labute approximate surface area is 177 Å². The number of aliphatic imine (C=N–C) groups is 1. The number of nitrogens with zero attached hydrogens (tertiary/aromatic N) is 1. The van der Waals surface area contributed by atoms with Crippen LogP contribution in [0.5, 0.6) is 0 Å². The van der Waals surface area contributed by atoms with Gasteiger partial charge in [0.05, 0.1) is 12.7 Å². The Kier molecular flexibility index (Phi) is 11.8. The topological polar surface area (TPSA) is 54.9 Å². The van der Waals surface area contributed by atoms with E-state index < -0.39 is 11.6 Å². The smallest absolute Gasteiger partial charge is 0.190 e. The van der Waals surface area contributed by atoms with Crippen LogP contribution >= 0.6 is 24.0 Å². The van der Waals surface area contributed by atoms with Crippen molar-refractivity contribution in [3.05, 3.63) is 35.4 Å². The number of guanidine groups is 1. The Morgan fingerprint density at radius 3 is 2.85 bits per heavy atom. The predicted octanol–water partition coefficient (Wildman–Crippen LogP) is 3.44. The number of rotatable bonds is 9. The highest BCUT2D eigenvalue weighted by Gasteiger charge is 2.15. The highest BCUT2D eigenvalue weighted by Crippen LogP contribution is 2.19. The van der Waals surface area contributed by atoms with Crippen molar-refractivity contribution in [2.24, 2.45) is 4.99 Å². The van der Waals surface area contributed by atoms with Gasteiger partial charge in [-0.25, -0.2) is 8.78 Å². The number of nitrogens with one attached hydrogen (secondary N) is 2. The minimum absolute atomic E-state index is 0. The molecule has 0 spiro atoms. The molecule has 0 bridgehead atoms. The van der Waals surface area contributed by atoms with Crippen LogP contribution in [-0.4, -0.2) is 52.0 Å². The van der Waals surface area contributed by atoms with Crippen LogP contribution in [0.4, 0.5) is 8.78 Å². The van der Waals surface area contributed by atoms with Gasteiger partial charge in [0.25, 0.3) is 0 Å². The number of hydrogen-bond acceptors (Lipinski definition) is 3. The summed E-state index contributed by atoms with van der Waals surface area (Å²) in [6.07, 6.45) is 3.32. The lowest BCUT2D eigenvalue weighted by Gasteiger charge is -2.17. The first-order valence-corrected chi connectivity index (χ1v) is 9.19. The standard InChI is InChI=1S/C19H29F2N3O2.HI/c1-14(17-7-6-15(20)11-18(17)21)12-24-19(22-2)23-8-4-9-25-13-16-5-3-10-26-16;/h6-7,11,14,16H,3-5,8-10,12-13H2,1-2H3,(H2,22,23,24);1H. The first-order chi connectivity index (χ1) is 12.6. The quantitative estimate of drug-likeness (QED) is 0.238. The maximum atomic E-state index is 13.8. The Hall–Kier alpha value is -1.00. The van der Waals surface area contributed by atoms with Crippen molar-refractivity contribution in [1.82, 2.24) is 10.6 Å². The third-order valence-electron chi connectivity index (χ3n) is 4.38. The number of ether oxygens (including phenoxy) is 2. The number of hydrogen-bond donors (Lipinski definition) is 2. The molecule has 1 aliphatic rings. The van der Waals surface area contributed by atoms with Crippen molar-refractivity contribution in [3.8, 4) is 0 Å². The molecular weight excluding hydrogens is 467 g/mol. The Bertz CT molecular complexity index is 584. The summed E-state index contributed by atoms with van der Waals surface area (Å²) < 4.78 is 37.9. The van der Waals surface area contributed by atoms with E-state index in [0.717, 1.165) is 38.5 Å². The van der Waals surface area contributed by atoms with Crippen LogP contribution in [0.2, 0.25) is 0 Å². The second kappa shape index (κ2) is 13.2. The molecule has 1 saturated heterocycles. The first kappa shape index (κ1) is 24.0. The van der Waals surface area contributed by atoms with Crippen LogP contribution in [0.1, 0.15) is 37.7 Å². The minimum atomic E-state index is -0.564. The molecule has 0 aliphatic carbocycles. The van der Waals surface area contributed by atoms with Crippen molar-refractivity contribution < 1.29 is 18.3 Å². The molecule has 1 fully saturated rings. The maximum absolute atomic E-state index is 13.8. The fourth-order valence-electron chi connectivity index (χ4n) is 2.85. The zero-order valence-electron chi connectivity index (χ0n) is 16.0. The average molecular weight is 497 g/mol. The molecule has 1 heterocycles. The summed E-state index contributed by atoms with van der Waals surface area (Å²) >= 11 is 0. The van der Waals surface area contributed by atoms with Gasteiger partial charge in [-0.05, 0) is 30.9 Å². The third kappa shape index (κ3) is 8.69. The minimum Gasteiger partial charge on any atom is -0.379 e. The van der Waals surface area contributed by atoms with E-state index in [0.29, 0.717) is 31.3 Å². The van der Waals surface area contributed by atoms with E-state index in [9.17, 15) is 8.78 Å². The molecule has 0 aromatic heterocycles. The van der Waals surface area contributed by atoms with Crippen molar-refractivity contribution in [3.63, 3.8) is 0 Å². The molecule has 8 heteroatoms. The number of halogens is 3. The van der Waals surface area contributed by atoms with Crippen molar-refractivity contribution in [2.75, 3.05) is 40.0 Å². The van der Waals surface area contributed by atoms with Crippen LogP contribution in [0.3, 0.4) is 0 Å². The zero-order valence-corrected chi connectivity index (χ0v) is 18.3. The maximum Gasteiger partial charge on any atom is 0.190 e. The van der Waals surface area contributed by atoms with E-state index in [1.807, 2.05) is 6.92 Å². The summed E-state index contributed by atoms with van der Waals surface area (Å²) in [5, 5.41) is 6.37. The van der Waals surface area contributed by atoms with E-state index in [-0.39, 0.29) is 36.0 Å². The van der Waals surface area contributed by atoms with Crippen molar-refractivity contribution in [2.45, 2.75) is 38.2 Å². The second-order valence-electron chi connectivity index (χ2n) is 6.51. The Morgan fingerprint density at radius 1 is 1.37 bits per heavy atom. The Balaban J connectivity index is 0.00000364. The molecule has 1 aromatic rings. The molecule has 2 unspecified atom stereocenters. The lowest BCUT2D eigenvalue weighted by molar-refractivity contribution is 0.0168.